The molecule has 1 aliphatic carbocycles. The van der Waals surface area contributed by atoms with Gasteiger partial charge in [-0.1, -0.05) is 12.8 Å². The van der Waals surface area contributed by atoms with E-state index in [-0.39, 0.29) is 5.69 Å². The summed E-state index contributed by atoms with van der Waals surface area (Å²) in [5.41, 5.74) is 0.866. The van der Waals surface area contributed by atoms with Gasteiger partial charge in [-0.25, -0.2) is 4.98 Å². The van der Waals surface area contributed by atoms with Crippen LogP contribution in [0.15, 0.2) is 12.3 Å². The molecule has 0 saturated heterocycles. The van der Waals surface area contributed by atoms with Crippen molar-refractivity contribution >= 4 is 11.5 Å². The van der Waals surface area contributed by atoms with E-state index < -0.39 is 4.92 Å². The zero-order valence-electron chi connectivity index (χ0n) is 10.1. The molecular weight excluding hydrogens is 218 g/mol. The normalized spacial score (nSPS) is 16.6. The molecule has 2 rings (SSSR count). The summed E-state index contributed by atoms with van der Waals surface area (Å²) >= 11 is 0. The number of aryl methyl sites for hydroxylation is 1. The highest BCUT2D eigenvalue weighted by atomic mass is 16.6. The molecule has 1 heterocycles. The van der Waals surface area contributed by atoms with Gasteiger partial charge in [-0.15, -0.1) is 0 Å². The van der Waals surface area contributed by atoms with Gasteiger partial charge in [-0.3, -0.25) is 10.1 Å². The van der Waals surface area contributed by atoms with Gasteiger partial charge in [0.05, 0.1) is 4.92 Å². The Morgan fingerprint density at radius 1 is 1.65 bits per heavy atom. The van der Waals surface area contributed by atoms with E-state index in [0.29, 0.717) is 6.04 Å². The average molecular weight is 235 g/mol. The topological polar surface area (TPSA) is 68.1 Å². The molecule has 0 bridgehead atoms. The van der Waals surface area contributed by atoms with E-state index >= 15 is 0 Å². The molecule has 1 aromatic heterocycles. The van der Waals surface area contributed by atoms with E-state index in [4.69, 9.17) is 0 Å². The van der Waals surface area contributed by atoms with Crippen molar-refractivity contribution in [1.29, 1.82) is 0 Å². The highest BCUT2D eigenvalue weighted by Gasteiger charge is 2.23. The molecule has 5 nitrogen and oxygen atoms in total. The lowest BCUT2D eigenvalue weighted by molar-refractivity contribution is -0.385. The Bertz CT molecular complexity index is 430. The zero-order valence-corrected chi connectivity index (χ0v) is 10.1. The standard InChI is InChI=1S/C12H17N3O2/c1-8-5-11(15(16)17)7-13-12(8)14-9(2)6-10-3-4-10/h5,7,9-10H,3-4,6H2,1-2H3,(H,13,14). The molecule has 5 heteroatoms. The first kappa shape index (κ1) is 11.8. The van der Waals surface area contributed by atoms with Crippen LogP contribution in [0.3, 0.4) is 0 Å². The number of nitrogens with zero attached hydrogens (tertiary/aromatic N) is 2. The van der Waals surface area contributed by atoms with Crippen molar-refractivity contribution in [3.05, 3.63) is 27.9 Å². The van der Waals surface area contributed by atoms with Crippen LogP contribution in [0.2, 0.25) is 0 Å². The Kier molecular flexibility index (Phi) is 3.26. The second-order valence-corrected chi connectivity index (χ2v) is 4.84. The van der Waals surface area contributed by atoms with Gasteiger partial charge in [-0.05, 0) is 31.7 Å². The Balaban J connectivity index is 2.02. The molecular formula is C12H17N3O2. The third-order valence-corrected chi connectivity index (χ3v) is 3.04. The average Bonchev–Trinajstić information content (AvgIpc) is 3.04. The maximum absolute atomic E-state index is 10.6. The van der Waals surface area contributed by atoms with Crippen molar-refractivity contribution in [3.8, 4) is 0 Å². The fourth-order valence-corrected chi connectivity index (χ4v) is 1.96. The number of pyridine rings is 1. The zero-order chi connectivity index (χ0) is 12.4. The predicted molar refractivity (Wildman–Crippen MR) is 66.1 cm³/mol. The van der Waals surface area contributed by atoms with Gasteiger partial charge in [0.15, 0.2) is 0 Å². The van der Waals surface area contributed by atoms with E-state index in [1.54, 1.807) is 6.07 Å². The maximum Gasteiger partial charge on any atom is 0.287 e. The van der Waals surface area contributed by atoms with E-state index in [0.717, 1.165) is 23.7 Å². The van der Waals surface area contributed by atoms with Crippen LogP contribution in [0.4, 0.5) is 11.5 Å². The molecule has 0 aromatic carbocycles. The minimum absolute atomic E-state index is 0.0443. The molecule has 1 atom stereocenters. The minimum Gasteiger partial charge on any atom is -0.367 e. The number of nitro groups is 1. The highest BCUT2D eigenvalue weighted by molar-refractivity contribution is 5.48. The number of rotatable bonds is 5. The third-order valence-electron chi connectivity index (χ3n) is 3.04. The van der Waals surface area contributed by atoms with Crippen LogP contribution < -0.4 is 5.32 Å². The molecule has 0 aliphatic heterocycles. The van der Waals surface area contributed by atoms with E-state index in [2.05, 4.69) is 17.2 Å². The van der Waals surface area contributed by atoms with E-state index in [9.17, 15) is 10.1 Å². The van der Waals surface area contributed by atoms with Crippen molar-refractivity contribution in [2.24, 2.45) is 5.92 Å². The predicted octanol–water partition coefficient (Wildman–Crippen LogP) is 2.90. The molecule has 17 heavy (non-hydrogen) atoms. The smallest absolute Gasteiger partial charge is 0.287 e. The van der Waals surface area contributed by atoms with Gasteiger partial charge < -0.3 is 5.32 Å². The molecule has 0 radical (unpaired) electrons. The summed E-state index contributed by atoms with van der Waals surface area (Å²) in [5.74, 6) is 1.61. The fraction of sp³-hybridized carbons (Fsp3) is 0.583. The lowest BCUT2D eigenvalue weighted by Gasteiger charge is -2.15. The second kappa shape index (κ2) is 4.69. The monoisotopic (exact) mass is 235 g/mol. The molecule has 0 amide bonds. The largest absolute Gasteiger partial charge is 0.367 e. The molecule has 92 valence electrons. The van der Waals surface area contributed by atoms with Crippen LogP contribution in [-0.2, 0) is 0 Å². The van der Waals surface area contributed by atoms with Crippen molar-refractivity contribution < 1.29 is 4.92 Å². The summed E-state index contributed by atoms with van der Waals surface area (Å²) in [7, 11) is 0. The lowest BCUT2D eigenvalue weighted by atomic mass is 10.1. The first-order valence-corrected chi connectivity index (χ1v) is 5.94. The minimum atomic E-state index is -0.419. The molecule has 1 aromatic rings. The summed E-state index contributed by atoms with van der Waals surface area (Å²) in [6.07, 6.45) is 5.12. The molecule has 1 fully saturated rings. The van der Waals surface area contributed by atoms with Crippen molar-refractivity contribution in [2.75, 3.05) is 5.32 Å². The number of anilines is 1. The van der Waals surface area contributed by atoms with Crippen LogP contribution in [0, 0.1) is 23.0 Å². The van der Waals surface area contributed by atoms with Crippen molar-refractivity contribution in [3.63, 3.8) is 0 Å². The Labute approximate surface area is 100 Å². The maximum atomic E-state index is 10.6. The molecule has 1 N–H and O–H groups in total. The van der Waals surface area contributed by atoms with Gasteiger partial charge in [0.1, 0.15) is 12.0 Å². The van der Waals surface area contributed by atoms with Gasteiger partial charge in [0.2, 0.25) is 0 Å². The Morgan fingerprint density at radius 3 is 2.88 bits per heavy atom. The van der Waals surface area contributed by atoms with Crippen LogP contribution in [0.5, 0.6) is 0 Å². The Morgan fingerprint density at radius 2 is 2.35 bits per heavy atom. The van der Waals surface area contributed by atoms with Gasteiger partial charge in [0.25, 0.3) is 5.69 Å². The summed E-state index contributed by atoms with van der Waals surface area (Å²) in [5, 5.41) is 13.9. The number of nitrogens with one attached hydrogen (secondary N) is 1. The third kappa shape index (κ3) is 3.15. The summed E-state index contributed by atoms with van der Waals surface area (Å²) in [4.78, 5) is 14.3. The van der Waals surface area contributed by atoms with Gasteiger partial charge in [-0.2, -0.15) is 0 Å². The molecule has 1 unspecified atom stereocenters. The van der Waals surface area contributed by atoms with Crippen LogP contribution in [0.25, 0.3) is 0 Å². The number of aromatic nitrogens is 1. The SMILES string of the molecule is Cc1cc([N+](=O)[O-])cnc1NC(C)CC1CC1. The first-order chi connectivity index (χ1) is 8.06. The summed E-state index contributed by atoms with van der Waals surface area (Å²) < 4.78 is 0. The van der Waals surface area contributed by atoms with E-state index in [1.165, 1.54) is 19.0 Å². The summed E-state index contributed by atoms with van der Waals surface area (Å²) in [6.45, 7) is 3.97. The number of hydrogen-bond acceptors (Lipinski definition) is 4. The van der Waals surface area contributed by atoms with Crippen molar-refractivity contribution in [1.82, 2.24) is 4.98 Å². The van der Waals surface area contributed by atoms with Gasteiger partial charge >= 0.3 is 0 Å². The van der Waals surface area contributed by atoms with Crippen LogP contribution in [0.1, 0.15) is 31.7 Å². The number of hydrogen-bond donors (Lipinski definition) is 1. The summed E-state index contributed by atoms with van der Waals surface area (Å²) in [6, 6.07) is 1.93. The first-order valence-electron chi connectivity index (χ1n) is 5.94. The second-order valence-electron chi connectivity index (χ2n) is 4.84. The van der Waals surface area contributed by atoms with E-state index in [1.807, 2.05) is 6.92 Å². The molecule has 0 spiro atoms. The molecule has 1 saturated carbocycles. The quantitative estimate of drug-likeness (QED) is 0.629. The van der Waals surface area contributed by atoms with Crippen LogP contribution >= 0.6 is 0 Å². The van der Waals surface area contributed by atoms with Crippen LogP contribution in [-0.4, -0.2) is 15.9 Å². The van der Waals surface area contributed by atoms with Gasteiger partial charge in [0, 0.05) is 12.1 Å². The lowest BCUT2D eigenvalue weighted by Crippen LogP contribution is -2.17. The molecule has 1 aliphatic rings. The fourth-order valence-electron chi connectivity index (χ4n) is 1.96. The highest BCUT2D eigenvalue weighted by Crippen LogP contribution is 2.34. The Hall–Kier alpha value is -1.65. The van der Waals surface area contributed by atoms with Crippen molar-refractivity contribution in [2.45, 2.75) is 39.2 Å².